The summed E-state index contributed by atoms with van der Waals surface area (Å²) in [5.74, 6) is 0.349. The normalized spacial score (nSPS) is 14.5. The van der Waals surface area contributed by atoms with Crippen LogP contribution >= 0.6 is 0 Å². The van der Waals surface area contributed by atoms with Crippen molar-refractivity contribution in [3.63, 3.8) is 0 Å². The van der Waals surface area contributed by atoms with E-state index in [0.29, 0.717) is 18.5 Å². The van der Waals surface area contributed by atoms with Crippen molar-refractivity contribution in [1.29, 1.82) is 0 Å². The van der Waals surface area contributed by atoms with Gasteiger partial charge in [-0.15, -0.1) is 0 Å². The summed E-state index contributed by atoms with van der Waals surface area (Å²) in [6.45, 7) is 3.50. The van der Waals surface area contributed by atoms with Gasteiger partial charge in [0.2, 0.25) is 5.91 Å². The van der Waals surface area contributed by atoms with Crippen LogP contribution in [-0.4, -0.2) is 37.5 Å². The molecule has 1 aliphatic rings. The van der Waals surface area contributed by atoms with Gasteiger partial charge in [-0.05, 0) is 43.9 Å². The number of amides is 1. The van der Waals surface area contributed by atoms with E-state index >= 15 is 0 Å². The Bertz CT molecular complexity index is 511. The second-order valence-corrected chi connectivity index (χ2v) is 5.34. The summed E-state index contributed by atoms with van der Waals surface area (Å²) in [5, 5.41) is 9.18. The Morgan fingerprint density at radius 2 is 2.00 bits per heavy atom. The number of nitrogens with zero attached hydrogens (tertiary/aromatic N) is 1. The van der Waals surface area contributed by atoms with Gasteiger partial charge in [0.1, 0.15) is 12.4 Å². The third-order valence-corrected chi connectivity index (χ3v) is 3.29. The van der Waals surface area contributed by atoms with E-state index in [9.17, 15) is 9.18 Å². The minimum Gasteiger partial charge on any atom is -0.357 e. The highest BCUT2D eigenvalue weighted by Crippen LogP contribution is 2.18. The first-order valence-corrected chi connectivity index (χ1v) is 7.73. The minimum atomic E-state index is -0.228. The molecule has 0 saturated heterocycles. The SMILES string of the molecule is CCNC(=NCC(=O)NC1CC1)NCCc1ccc(F)cc1. The number of benzene rings is 1. The molecule has 0 unspecified atom stereocenters. The van der Waals surface area contributed by atoms with Crippen LogP contribution in [0, 0.1) is 5.82 Å². The van der Waals surface area contributed by atoms with Crippen molar-refractivity contribution in [3.05, 3.63) is 35.6 Å². The Balaban J connectivity index is 1.74. The monoisotopic (exact) mass is 306 g/mol. The molecule has 0 heterocycles. The lowest BCUT2D eigenvalue weighted by Gasteiger charge is -2.11. The van der Waals surface area contributed by atoms with Crippen LogP contribution in [0.5, 0.6) is 0 Å². The van der Waals surface area contributed by atoms with Crippen molar-refractivity contribution in [2.75, 3.05) is 19.6 Å². The molecule has 0 radical (unpaired) electrons. The van der Waals surface area contributed by atoms with E-state index in [1.807, 2.05) is 6.92 Å². The minimum absolute atomic E-state index is 0.0433. The molecule has 0 atom stereocenters. The van der Waals surface area contributed by atoms with Crippen LogP contribution < -0.4 is 16.0 Å². The van der Waals surface area contributed by atoms with Crippen LogP contribution in [0.3, 0.4) is 0 Å². The fourth-order valence-corrected chi connectivity index (χ4v) is 1.97. The Kier molecular flexibility index (Phi) is 6.18. The van der Waals surface area contributed by atoms with Crippen molar-refractivity contribution in [3.8, 4) is 0 Å². The van der Waals surface area contributed by atoms with Crippen molar-refractivity contribution >= 4 is 11.9 Å². The van der Waals surface area contributed by atoms with Gasteiger partial charge >= 0.3 is 0 Å². The molecule has 0 aliphatic heterocycles. The lowest BCUT2D eigenvalue weighted by Crippen LogP contribution is -2.39. The molecule has 2 rings (SSSR count). The van der Waals surface area contributed by atoms with E-state index in [1.165, 1.54) is 12.1 Å². The van der Waals surface area contributed by atoms with E-state index in [-0.39, 0.29) is 18.3 Å². The molecule has 0 bridgehead atoms. The van der Waals surface area contributed by atoms with Crippen molar-refractivity contribution < 1.29 is 9.18 Å². The molecular weight excluding hydrogens is 283 g/mol. The average molecular weight is 306 g/mol. The van der Waals surface area contributed by atoms with Gasteiger partial charge in [-0.2, -0.15) is 0 Å². The maximum absolute atomic E-state index is 12.8. The van der Waals surface area contributed by atoms with Gasteiger partial charge in [0, 0.05) is 19.1 Å². The Labute approximate surface area is 130 Å². The van der Waals surface area contributed by atoms with E-state index < -0.39 is 0 Å². The molecule has 3 N–H and O–H groups in total. The highest BCUT2D eigenvalue weighted by molar-refractivity contribution is 5.85. The second-order valence-electron chi connectivity index (χ2n) is 5.34. The Hall–Kier alpha value is -2.11. The standard InChI is InChI=1S/C16H23FN4O/c1-2-18-16(20-11-15(22)21-14-7-8-14)19-10-9-12-3-5-13(17)6-4-12/h3-6,14H,2,7-11H2,1H3,(H,21,22)(H2,18,19,20). The quantitative estimate of drug-likeness (QED) is 0.524. The van der Waals surface area contributed by atoms with Gasteiger partial charge in [0.15, 0.2) is 5.96 Å². The smallest absolute Gasteiger partial charge is 0.242 e. The van der Waals surface area contributed by atoms with Crippen molar-refractivity contribution in [2.45, 2.75) is 32.2 Å². The number of nitrogens with one attached hydrogen (secondary N) is 3. The summed E-state index contributed by atoms with van der Waals surface area (Å²) in [6, 6.07) is 6.80. The maximum atomic E-state index is 12.8. The van der Waals surface area contributed by atoms with Gasteiger partial charge in [0.25, 0.3) is 0 Å². The largest absolute Gasteiger partial charge is 0.357 e. The van der Waals surface area contributed by atoms with Crippen molar-refractivity contribution in [1.82, 2.24) is 16.0 Å². The number of hydrogen-bond donors (Lipinski definition) is 3. The first-order valence-electron chi connectivity index (χ1n) is 7.73. The number of guanidine groups is 1. The highest BCUT2D eigenvalue weighted by Gasteiger charge is 2.22. The van der Waals surface area contributed by atoms with Gasteiger partial charge in [-0.3, -0.25) is 4.79 Å². The molecule has 0 spiro atoms. The molecule has 1 amide bonds. The summed E-state index contributed by atoms with van der Waals surface area (Å²) in [5.41, 5.74) is 1.05. The predicted molar refractivity (Wildman–Crippen MR) is 85.3 cm³/mol. The van der Waals surface area contributed by atoms with Crippen LogP contribution in [0.15, 0.2) is 29.3 Å². The van der Waals surface area contributed by atoms with Gasteiger partial charge in [0.05, 0.1) is 0 Å². The summed E-state index contributed by atoms with van der Waals surface area (Å²) in [6.07, 6.45) is 2.91. The summed E-state index contributed by atoms with van der Waals surface area (Å²) < 4.78 is 12.8. The lowest BCUT2D eigenvalue weighted by atomic mass is 10.1. The number of carbonyl (C=O) groups excluding carboxylic acids is 1. The third kappa shape index (κ3) is 6.11. The van der Waals surface area contributed by atoms with E-state index in [0.717, 1.165) is 31.4 Å². The number of hydrogen-bond acceptors (Lipinski definition) is 2. The van der Waals surface area contributed by atoms with E-state index in [2.05, 4.69) is 20.9 Å². The van der Waals surface area contributed by atoms with Gasteiger partial charge < -0.3 is 16.0 Å². The van der Waals surface area contributed by atoms with E-state index in [1.54, 1.807) is 12.1 Å². The molecule has 0 aromatic heterocycles. The number of carbonyl (C=O) groups is 1. The average Bonchev–Trinajstić information content (AvgIpc) is 3.31. The predicted octanol–water partition coefficient (Wildman–Crippen LogP) is 1.20. The molecule has 120 valence electrons. The van der Waals surface area contributed by atoms with Crippen LogP contribution in [0.25, 0.3) is 0 Å². The molecular formula is C16H23FN4O. The molecule has 6 heteroatoms. The number of halogens is 1. The second kappa shape index (κ2) is 8.36. The molecule has 1 aromatic carbocycles. The zero-order valence-corrected chi connectivity index (χ0v) is 12.9. The number of rotatable bonds is 7. The zero-order chi connectivity index (χ0) is 15.8. The van der Waals surface area contributed by atoms with Crippen LogP contribution in [-0.2, 0) is 11.2 Å². The third-order valence-electron chi connectivity index (χ3n) is 3.29. The molecule has 5 nitrogen and oxygen atoms in total. The van der Waals surface area contributed by atoms with Crippen LogP contribution in [0.2, 0.25) is 0 Å². The Morgan fingerprint density at radius 3 is 2.64 bits per heavy atom. The molecule has 1 aromatic rings. The molecule has 1 fully saturated rings. The van der Waals surface area contributed by atoms with Gasteiger partial charge in [-0.25, -0.2) is 9.38 Å². The summed E-state index contributed by atoms with van der Waals surface area (Å²) >= 11 is 0. The van der Waals surface area contributed by atoms with Crippen molar-refractivity contribution in [2.24, 2.45) is 4.99 Å². The maximum Gasteiger partial charge on any atom is 0.242 e. The molecule has 22 heavy (non-hydrogen) atoms. The van der Waals surface area contributed by atoms with E-state index in [4.69, 9.17) is 0 Å². The highest BCUT2D eigenvalue weighted by atomic mass is 19.1. The first kappa shape index (κ1) is 16.3. The fraction of sp³-hybridized carbons (Fsp3) is 0.500. The summed E-state index contributed by atoms with van der Waals surface area (Å²) in [4.78, 5) is 15.9. The molecule has 1 saturated carbocycles. The zero-order valence-electron chi connectivity index (χ0n) is 12.9. The van der Waals surface area contributed by atoms with Crippen LogP contribution in [0.1, 0.15) is 25.3 Å². The summed E-state index contributed by atoms with van der Waals surface area (Å²) in [7, 11) is 0. The van der Waals surface area contributed by atoms with Gasteiger partial charge in [-0.1, -0.05) is 12.1 Å². The first-order chi connectivity index (χ1) is 10.7. The van der Waals surface area contributed by atoms with Crippen LogP contribution in [0.4, 0.5) is 4.39 Å². The number of aliphatic imine (C=N–C) groups is 1. The topological polar surface area (TPSA) is 65.5 Å². The fourth-order valence-electron chi connectivity index (χ4n) is 1.97. The lowest BCUT2D eigenvalue weighted by molar-refractivity contribution is -0.119. The molecule has 1 aliphatic carbocycles. The Morgan fingerprint density at radius 1 is 1.27 bits per heavy atom.